The predicted octanol–water partition coefficient (Wildman–Crippen LogP) is 0.680. The Morgan fingerprint density at radius 1 is 1.25 bits per heavy atom. The summed E-state index contributed by atoms with van der Waals surface area (Å²) in [6.45, 7) is 1.07. The van der Waals surface area contributed by atoms with Crippen LogP contribution in [-0.2, 0) is 14.3 Å². The topological polar surface area (TPSA) is 79.8 Å². The Morgan fingerprint density at radius 3 is 2.70 bits per heavy atom. The van der Waals surface area contributed by atoms with Gasteiger partial charge in [0.2, 0.25) is 11.8 Å². The van der Waals surface area contributed by atoms with E-state index in [0.29, 0.717) is 13.2 Å². The second-order valence-electron chi connectivity index (χ2n) is 4.08. The molecule has 1 aromatic carbocycles. The van der Waals surface area contributed by atoms with Crippen LogP contribution in [0.5, 0.6) is 0 Å². The van der Waals surface area contributed by atoms with Gasteiger partial charge in [-0.25, -0.2) is 5.43 Å². The molecule has 108 valence electrons. The van der Waals surface area contributed by atoms with E-state index in [1.807, 2.05) is 30.3 Å². The van der Waals surface area contributed by atoms with E-state index in [9.17, 15) is 9.59 Å². The molecule has 2 N–H and O–H groups in total. The molecule has 2 amide bonds. The largest absolute Gasteiger partial charge is 0.385 e. The summed E-state index contributed by atoms with van der Waals surface area (Å²) in [4.78, 5) is 22.8. The lowest BCUT2D eigenvalue weighted by atomic mass is 10.2. The van der Waals surface area contributed by atoms with E-state index in [0.717, 1.165) is 12.0 Å². The fraction of sp³-hybridized carbons (Fsp3) is 0.357. The molecule has 0 atom stereocenters. The maximum absolute atomic E-state index is 11.4. The fourth-order valence-electron chi connectivity index (χ4n) is 1.41. The molecular weight excluding hydrogens is 258 g/mol. The third-order valence-corrected chi connectivity index (χ3v) is 2.37. The Bertz CT molecular complexity index is 446. The highest BCUT2D eigenvalue weighted by Crippen LogP contribution is 1.93. The summed E-state index contributed by atoms with van der Waals surface area (Å²) in [5, 5.41) is 6.40. The van der Waals surface area contributed by atoms with Crippen molar-refractivity contribution in [2.75, 3.05) is 20.3 Å². The Morgan fingerprint density at radius 2 is 2.00 bits per heavy atom. The van der Waals surface area contributed by atoms with Gasteiger partial charge in [0.15, 0.2) is 0 Å². The molecular formula is C14H19N3O3. The number of hydrogen-bond acceptors (Lipinski definition) is 4. The van der Waals surface area contributed by atoms with Gasteiger partial charge in [-0.2, -0.15) is 5.10 Å². The molecule has 0 fully saturated rings. The predicted molar refractivity (Wildman–Crippen MR) is 76.3 cm³/mol. The summed E-state index contributed by atoms with van der Waals surface area (Å²) in [6.07, 6.45) is 2.00. The summed E-state index contributed by atoms with van der Waals surface area (Å²) in [6, 6.07) is 9.35. The zero-order valence-corrected chi connectivity index (χ0v) is 11.5. The monoisotopic (exact) mass is 277 g/mol. The molecule has 6 heteroatoms. The molecule has 0 aliphatic heterocycles. The van der Waals surface area contributed by atoms with Crippen LogP contribution in [0.4, 0.5) is 0 Å². The van der Waals surface area contributed by atoms with Crippen molar-refractivity contribution in [3.8, 4) is 0 Å². The van der Waals surface area contributed by atoms with Crippen LogP contribution in [0.2, 0.25) is 0 Å². The molecule has 0 aliphatic rings. The maximum atomic E-state index is 11.4. The summed E-state index contributed by atoms with van der Waals surface area (Å²) in [7, 11) is 1.60. The van der Waals surface area contributed by atoms with Crippen molar-refractivity contribution in [2.24, 2.45) is 5.10 Å². The molecule has 0 heterocycles. The van der Waals surface area contributed by atoms with Gasteiger partial charge in [-0.1, -0.05) is 30.3 Å². The Kier molecular flexibility index (Phi) is 7.67. The van der Waals surface area contributed by atoms with Crippen LogP contribution in [0, 0.1) is 0 Å². The minimum atomic E-state index is -0.443. The summed E-state index contributed by atoms with van der Waals surface area (Å²) < 4.78 is 4.85. The molecule has 6 nitrogen and oxygen atoms in total. The number of ether oxygens (including phenoxy) is 1. The Hall–Kier alpha value is -2.21. The average Bonchev–Trinajstić information content (AvgIpc) is 2.45. The zero-order chi connectivity index (χ0) is 14.6. The van der Waals surface area contributed by atoms with E-state index in [2.05, 4.69) is 15.8 Å². The van der Waals surface area contributed by atoms with Crippen molar-refractivity contribution in [2.45, 2.75) is 12.8 Å². The fourth-order valence-corrected chi connectivity index (χ4v) is 1.41. The molecule has 0 saturated carbocycles. The standard InChI is InChI=1S/C14H19N3O3/c1-20-9-5-8-15-13(18)10-14(19)17-16-11-12-6-3-2-4-7-12/h2-4,6-7,11H,5,8-10H2,1H3,(H,15,18)(H,17,19)/b16-11-. The van der Waals surface area contributed by atoms with Gasteiger partial charge in [0.1, 0.15) is 6.42 Å². The van der Waals surface area contributed by atoms with Crippen molar-refractivity contribution >= 4 is 18.0 Å². The van der Waals surface area contributed by atoms with Crippen LogP contribution < -0.4 is 10.7 Å². The van der Waals surface area contributed by atoms with Crippen LogP contribution >= 0.6 is 0 Å². The van der Waals surface area contributed by atoms with E-state index >= 15 is 0 Å². The lowest BCUT2D eigenvalue weighted by molar-refractivity contribution is -0.129. The van der Waals surface area contributed by atoms with Crippen molar-refractivity contribution < 1.29 is 14.3 Å². The van der Waals surface area contributed by atoms with E-state index in [1.54, 1.807) is 7.11 Å². The number of carbonyl (C=O) groups excluding carboxylic acids is 2. The van der Waals surface area contributed by atoms with Crippen molar-refractivity contribution in [3.05, 3.63) is 35.9 Å². The lowest BCUT2D eigenvalue weighted by Crippen LogP contribution is -2.30. The highest BCUT2D eigenvalue weighted by atomic mass is 16.5. The number of nitrogens with zero attached hydrogens (tertiary/aromatic N) is 1. The molecule has 0 spiro atoms. The molecule has 0 aliphatic carbocycles. The number of benzene rings is 1. The summed E-state index contributed by atoms with van der Waals surface area (Å²) >= 11 is 0. The van der Waals surface area contributed by atoms with Crippen molar-refractivity contribution in [1.82, 2.24) is 10.7 Å². The van der Waals surface area contributed by atoms with Gasteiger partial charge in [-0.15, -0.1) is 0 Å². The first-order valence-electron chi connectivity index (χ1n) is 6.35. The van der Waals surface area contributed by atoms with Crippen LogP contribution in [0.3, 0.4) is 0 Å². The van der Waals surface area contributed by atoms with Crippen LogP contribution in [0.25, 0.3) is 0 Å². The van der Waals surface area contributed by atoms with Crippen LogP contribution in [-0.4, -0.2) is 38.3 Å². The SMILES string of the molecule is COCCCNC(=O)CC(=O)N/N=C\c1ccccc1. The number of methoxy groups -OCH3 is 1. The molecule has 0 aromatic heterocycles. The van der Waals surface area contributed by atoms with Gasteiger partial charge in [0.25, 0.3) is 0 Å². The van der Waals surface area contributed by atoms with Gasteiger partial charge < -0.3 is 10.1 Å². The number of rotatable bonds is 8. The number of nitrogens with one attached hydrogen (secondary N) is 2. The van der Waals surface area contributed by atoms with Crippen LogP contribution in [0.1, 0.15) is 18.4 Å². The van der Waals surface area contributed by atoms with E-state index in [-0.39, 0.29) is 12.3 Å². The number of hydrazone groups is 1. The van der Waals surface area contributed by atoms with Gasteiger partial charge in [0.05, 0.1) is 6.21 Å². The molecule has 20 heavy (non-hydrogen) atoms. The minimum Gasteiger partial charge on any atom is -0.385 e. The third-order valence-electron chi connectivity index (χ3n) is 2.37. The number of amides is 2. The Balaban J connectivity index is 2.19. The highest BCUT2D eigenvalue weighted by Gasteiger charge is 2.07. The van der Waals surface area contributed by atoms with Gasteiger partial charge >= 0.3 is 0 Å². The molecule has 0 saturated heterocycles. The molecule has 1 rings (SSSR count). The van der Waals surface area contributed by atoms with Crippen LogP contribution in [0.15, 0.2) is 35.4 Å². The molecule has 0 bridgehead atoms. The summed E-state index contributed by atoms with van der Waals surface area (Å²) in [5.41, 5.74) is 3.18. The average molecular weight is 277 g/mol. The minimum absolute atomic E-state index is 0.237. The second-order valence-corrected chi connectivity index (χ2v) is 4.08. The first-order valence-corrected chi connectivity index (χ1v) is 6.35. The first-order chi connectivity index (χ1) is 9.72. The second kappa shape index (κ2) is 9.69. The van der Waals surface area contributed by atoms with E-state index in [1.165, 1.54) is 6.21 Å². The molecule has 1 aromatic rings. The zero-order valence-electron chi connectivity index (χ0n) is 11.5. The molecule has 0 unspecified atom stereocenters. The quantitative estimate of drug-likeness (QED) is 0.317. The highest BCUT2D eigenvalue weighted by molar-refractivity contribution is 5.97. The lowest BCUT2D eigenvalue weighted by Gasteiger charge is -2.03. The third kappa shape index (κ3) is 7.27. The molecule has 0 radical (unpaired) electrons. The van der Waals surface area contributed by atoms with Crippen molar-refractivity contribution in [3.63, 3.8) is 0 Å². The van der Waals surface area contributed by atoms with E-state index in [4.69, 9.17) is 4.74 Å². The maximum Gasteiger partial charge on any atom is 0.249 e. The van der Waals surface area contributed by atoms with Crippen molar-refractivity contribution in [1.29, 1.82) is 0 Å². The van der Waals surface area contributed by atoms with Gasteiger partial charge in [0, 0.05) is 20.3 Å². The normalized spacial score (nSPS) is 10.4. The summed E-state index contributed by atoms with van der Waals surface area (Å²) in [5.74, 6) is -0.769. The van der Waals surface area contributed by atoms with Gasteiger partial charge in [-0.3, -0.25) is 9.59 Å². The van der Waals surface area contributed by atoms with E-state index < -0.39 is 5.91 Å². The number of hydrogen-bond donors (Lipinski definition) is 2. The number of carbonyl (C=O) groups is 2. The smallest absolute Gasteiger partial charge is 0.249 e. The first kappa shape index (κ1) is 15.8. The Labute approximate surface area is 118 Å². The van der Waals surface area contributed by atoms with Gasteiger partial charge in [-0.05, 0) is 12.0 Å².